The van der Waals surface area contributed by atoms with Crippen LogP contribution in [0.5, 0.6) is 0 Å². The van der Waals surface area contributed by atoms with Gasteiger partial charge in [-0.2, -0.15) is 13.2 Å². The van der Waals surface area contributed by atoms with Gasteiger partial charge in [0.1, 0.15) is 13.1 Å². The number of hydrogen-bond acceptors (Lipinski definition) is 2. The molecule has 88 valence electrons. The Kier molecular flexibility index (Phi) is 4.89. The van der Waals surface area contributed by atoms with Crippen LogP contribution in [0.25, 0.3) is 0 Å². The van der Waals surface area contributed by atoms with Crippen LogP contribution in [0, 0.1) is 0 Å². The van der Waals surface area contributed by atoms with Crippen molar-refractivity contribution in [1.29, 1.82) is 0 Å². The van der Waals surface area contributed by atoms with Crippen molar-refractivity contribution < 1.29 is 22.8 Å². The lowest BCUT2D eigenvalue weighted by molar-refractivity contribution is -0.123. The van der Waals surface area contributed by atoms with Gasteiger partial charge in [-0.1, -0.05) is 0 Å². The summed E-state index contributed by atoms with van der Waals surface area (Å²) in [5, 5.41) is 3.87. The molecule has 0 saturated carbocycles. The predicted octanol–water partition coefficient (Wildman–Crippen LogP) is -0.0639. The van der Waals surface area contributed by atoms with E-state index < -0.39 is 24.7 Å². The number of nitrogens with zero attached hydrogens (tertiary/aromatic N) is 1. The van der Waals surface area contributed by atoms with Gasteiger partial charge in [0.25, 0.3) is 0 Å². The molecule has 0 spiro atoms. The highest BCUT2D eigenvalue weighted by Gasteiger charge is 2.28. The van der Waals surface area contributed by atoms with E-state index in [1.54, 1.807) is 5.32 Å². The van der Waals surface area contributed by atoms with Gasteiger partial charge in [0.15, 0.2) is 0 Å². The zero-order chi connectivity index (χ0) is 12.1. The molecular formula is C7H12F3N3O2. The molecular weight excluding hydrogens is 215 g/mol. The number of carbonyl (C=O) groups excluding carboxylic acids is 2. The largest absolute Gasteiger partial charge is 0.405 e. The molecule has 0 saturated heterocycles. The fraction of sp³-hybridized carbons (Fsp3) is 0.714. The number of likely N-dealkylation sites (N-methyl/N-ethyl adjacent to an activating group) is 2. The molecule has 0 aliphatic carbocycles. The zero-order valence-electron chi connectivity index (χ0n) is 8.31. The molecule has 3 amide bonds. The molecule has 0 aromatic carbocycles. The van der Waals surface area contributed by atoms with E-state index in [1.165, 1.54) is 14.1 Å². The maximum absolute atomic E-state index is 11.7. The van der Waals surface area contributed by atoms with Crippen LogP contribution in [0.4, 0.5) is 18.0 Å². The molecule has 0 atom stereocenters. The van der Waals surface area contributed by atoms with E-state index in [-0.39, 0.29) is 6.54 Å². The van der Waals surface area contributed by atoms with Gasteiger partial charge in [-0.15, -0.1) is 0 Å². The first kappa shape index (κ1) is 13.5. The van der Waals surface area contributed by atoms with Crippen LogP contribution >= 0.6 is 0 Å². The maximum Gasteiger partial charge on any atom is 0.405 e. The van der Waals surface area contributed by atoms with Gasteiger partial charge < -0.3 is 15.5 Å². The summed E-state index contributed by atoms with van der Waals surface area (Å²) in [6.45, 7) is -1.70. The van der Waals surface area contributed by atoms with Gasteiger partial charge in [-0.05, 0) is 0 Å². The first-order valence-corrected chi connectivity index (χ1v) is 4.02. The van der Waals surface area contributed by atoms with E-state index >= 15 is 0 Å². The number of urea groups is 1. The average molecular weight is 227 g/mol. The lowest BCUT2D eigenvalue weighted by Crippen LogP contribution is -2.45. The molecule has 8 heteroatoms. The minimum absolute atomic E-state index is 0.291. The minimum Gasteiger partial charge on any atom is -0.358 e. The molecule has 5 nitrogen and oxygen atoms in total. The molecule has 0 rings (SSSR count). The topological polar surface area (TPSA) is 61.4 Å². The highest BCUT2D eigenvalue weighted by Crippen LogP contribution is 2.12. The summed E-state index contributed by atoms with van der Waals surface area (Å²) in [6, 6.07) is -0.948. The molecule has 0 bridgehead atoms. The summed E-state index contributed by atoms with van der Waals surface area (Å²) in [6.07, 6.45) is -4.45. The molecule has 0 unspecified atom stereocenters. The van der Waals surface area contributed by atoms with Crippen molar-refractivity contribution in [2.24, 2.45) is 0 Å². The number of rotatable bonds is 3. The molecule has 0 heterocycles. The Morgan fingerprint density at radius 2 is 1.87 bits per heavy atom. The Hall–Kier alpha value is -1.47. The Morgan fingerprint density at radius 3 is 2.27 bits per heavy atom. The third-order valence-corrected chi connectivity index (χ3v) is 1.45. The van der Waals surface area contributed by atoms with Gasteiger partial charge in [0.05, 0.1) is 0 Å². The highest BCUT2D eigenvalue weighted by molar-refractivity contribution is 5.83. The zero-order valence-corrected chi connectivity index (χ0v) is 8.31. The Morgan fingerprint density at radius 1 is 1.33 bits per heavy atom. The molecule has 2 N–H and O–H groups in total. The number of halogens is 3. The number of nitrogens with one attached hydrogen (secondary N) is 2. The summed E-state index contributed by atoms with van der Waals surface area (Å²) in [4.78, 5) is 22.6. The maximum atomic E-state index is 11.7. The minimum atomic E-state index is -4.45. The van der Waals surface area contributed by atoms with Crippen LogP contribution in [0.1, 0.15) is 0 Å². The molecule has 0 radical (unpaired) electrons. The van der Waals surface area contributed by atoms with Crippen molar-refractivity contribution >= 4 is 11.9 Å². The Bertz CT molecular complexity index is 242. The van der Waals surface area contributed by atoms with E-state index in [0.717, 1.165) is 4.90 Å². The van der Waals surface area contributed by atoms with Crippen LogP contribution in [-0.4, -0.2) is 50.2 Å². The van der Waals surface area contributed by atoms with E-state index in [0.29, 0.717) is 0 Å². The number of hydrogen-bond donors (Lipinski definition) is 2. The Labute approximate surface area is 84.6 Å². The van der Waals surface area contributed by atoms with Crippen molar-refractivity contribution in [3.05, 3.63) is 0 Å². The molecule has 0 aromatic rings. The van der Waals surface area contributed by atoms with Gasteiger partial charge in [-0.3, -0.25) is 4.79 Å². The smallest absolute Gasteiger partial charge is 0.358 e. The monoisotopic (exact) mass is 227 g/mol. The third-order valence-electron chi connectivity index (χ3n) is 1.45. The second kappa shape index (κ2) is 5.42. The molecule has 0 aliphatic rings. The first-order chi connectivity index (χ1) is 6.76. The van der Waals surface area contributed by atoms with Crippen molar-refractivity contribution in [2.75, 3.05) is 27.2 Å². The van der Waals surface area contributed by atoms with Crippen LogP contribution in [0.3, 0.4) is 0 Å². The van der Waals surface area contributed by atoms with Crippen molar-refractivity contribution in [3.63, 3.8) is 0 Å². The number of carbonyl (C=O) groups is 2. The van der Waals surface area contributed by atoms with Crippen LogP contribution < -0.4 is 10.6 Å². The normalized spacial score (nSPS) is 10.7. The quantitative estimate of drug-likeness (QED) is 0.709. The molecule has 0 aliphatic heterocycles. The van der Waals surface area contributed by atoms with Crippen LogP contribution in [-0.2, 0) is 4.79 Å². The standard InChI is InChI=1S/C7H12F3N3O2/c1-11-5(14)3-13(2)6(15)12-4-7(8,9)10/h3-4H2,1-2H3,(H,11,14)(H,12,15). The summed E-state index contributed by atoms with van der Waals surface area (Å²) in [5.74, 6) is -0.459. The van der Waals surface area contributed by atoms with E-state index in [4.69, 9.17) is 0 Å². The van der Waals surface area contributed by atoms with Crippen molar-refractivity contribution in [3.8, 4) is 0 Å². The van der Waals surface area contributed by atoms with E-state index in [1.807, 2.05) is 0 Å². The van der Waals surface area contributed by atoms with Crippen molar-refractivity contribution in [2.45, 2.75) is 6.18 Å². The lowest BCUT2D eigenvalue weighted by atomic mass is 10.5. The first-order valence-electron chi connectivity index (χ1n) is 4.02. The summed E-state index contributed by atoms with van der Waals surface area (Å²) in [5.41, 5.74) is 0. The average Bonchev–Trinajstić information content (AvgIpc) is 2.12. The second-order valence-electron chi connectivity index (χ2n) is 2.80. The summed E-state index contributed by atoms with van der Waals surface area (Å²) < 4.78 is 35.1. The summed E-state index contributed by atoms with van der Waals surface area (Å²) in [7, 11) is 2.59. The van der Waals surface area contributed by atoms with Gasteiger partial charge in [-0.25, -0.2) is 4.79 Å². The SMILES string of the molecule is CNC(=O)CN(C)C(=O)NCC(F)(F)F. The second-order valence-corrected chi connectivity index (χ2v) is 2.80. The van der Waals surface area contributed by atoms with Crippen LogP contribution in [0.15, 0.2) is 0 Å². The van der Waals surface area contributed by atoms with Crippen LogP contribution in [0.2, 0.25) is 0 Å². The molecule has 0 fully saturated rings. The van der Waals surface area contributed by atoms with Gasteiger partial charge >= 0.3 is 12.2 Å². The summed E-state index contributed by atoms with van der Waals surface area (Å²) >= 11 is 0. The van der Waals surface area contributed by atoms with E-state index in [9.17, 15) is 22.8 Å². The van der Waals surface area contributed by atoms with Gasteiger partial charge in [0, 0.05) is 14.1 Å². The molecule has 15 heavy (non-hydrogen) atoms. The fourth-order valence-electron chi connectivity index (χ4n) is 0.677. The number of amides is 3. The predicted molar refractivity (Wildman–Crippen MR) is 46.2 cm³/mol. The number of alkyl halides is 3. The fourth-order valence-corrected chi connectivity index (χ4v) is 0.677. The Balaban J connectivity index is 3.95. The van der Waals surface area contributed by atoms with E-state index in [2.05, 4.69) is 5.32 Å². The molecule has 0 aromatic heterocycles. The highest BCUT2D eigenvalue weighted by atomic mass is 19.4. The van der Waals surface area contributed by atoms with Crippen molar-refractivity contribution in [1.82, 2.24) is 15.5 Å². The third kappa shape index (κ3) is 6.58. The lowest BCUT2D eigenvalue weighted by Gasteiger charge is -2.17. The van der Waals surface area contributed by atoms with Gasteiger partial charge in [0.2, 0.25) is 5.91 Å².